The number of nitrogens with one attached hydrogen (secondary N) is 1. The molecule has 0 bridgehead atoms. The summed E-state index contributed by atoms with van der Waals surface area (Å²) in [6.45, 7) is 0. The fourth-order valence-corrected chi connectivity index (χ4v) is 2.52. The summed E-state index contributed by atoms with van der Waals surface area (Å²) in [7, 11) is 0. The summed E-state index contributed by atoms with van der Waals surface area (Å²) in [4.78, 5) is 0. The van der Waals surface area contributed by atoms with Crippen LogP contribution in [0.3, 0.4) is 0 Å². The molecule has 4 heteroatoms. The van der Waals surface area contributed by atoms with Crippen LogP contribution in [0, 0.1) is 5.92 Å². The third-order valence-corrected chi connectivity index (χ3v) is 3.68. The summed E-state index contributed by atoms with van der Waals surface area (Å²) in [6, 6.07) is 3.70. The van der Waals surface area contributed by atoms with Gasteiger partial charge in [0, 0.05) is 16.0 Å². The SMILES string of the molecule is OC(c1cc(Cl)cc2cn[nH]c12)C1CCC1. The van der Waals surface area contributed by atoms with Crippen LogP contribution in [0.15, 0.2) is 18.3 Å². The summed E-state index contributed by atoms with van der Waals surface area (Å²) < 4.78 is 0. The smallest absolute Gasteiger partial charge is 0.0839 e. The normalized spacial score (nSPS) is 18.6. The van der Waals surface area contributed by atoms with Crippen molar-refractivity contribution in [3.63, 3.8) is 0 Å². The Bertz CT molecular complexity index is 519. The van der Waals surface area contributed by atoms with E-state index in [9.17, 15) is 5.11 Å². The Labute approximate surface area is 98.4 Å². The van der Waals surface area contributed by atoms with Gasteiger partial charge in [0.2, 0.25) is 0 Å². The Morgan fingerprint density at radius 1 is 1.44 bits per heavy atom. The van der Waals surface area contributed by atoms with Gasteiger partial charge >= 0.3 is 0 Å². The Balaban J connectivity index is 2.09. The fourth-order valence-electron chi connectivity index (χ4n) is 2.29. The molecule has 0 amide bonds. The molecule has 1 aromatic heterocycles. The van der Waals surface area contributed by atoms with Crippen molar-refractivity contribution in [2.24, 2.45) is 5.92 Å². The van der Waals surface area contributed by atoms with E-state index >= 15 is 0 Å². The summed E-state index contributed by atoms with van der Waals surface area (Å²) in [5.74, 6) is 0.380. The van der Waals surface area contributed by atoms with E-state index in [-0.39, 0.29) is 0 Å². The molecule has 1 aliphatic rings. The van der Waals surface area contributed by atoms with Crippen molar-refractivity contribution >= 4 is 22.5 Å². The number of aromatic nitrogens is 2. The van der Waals surface area contributed by atoms with Gasteiger partial charge in [-0.1, -0.05) is 18.0 Å². The topological polar surface area (TPSA) is 48.9 Å². The van der Waals surface area contributed by atoms with E-state index in [2.05, 4.69) is 10.2 Å². The largest absolute Gasteiger partial charge is 0.388 e. The molecule has 2 aromatic rings. The van der Waals surface area contributed by atoms with Crippen molar-refractivity contribution in [1.82, 2.24) is 10.2 Å². The number of nitrogens with zero attached hydrogens (tertiary/aromatic N) is 1. The standard InChI is InChI=1S/C12H13ClN2O/c13-9-4-8-6-14-15-11(8)10(5-9)12(16)7-2-1-3-7/h4-7,12,16H,1-3H2,(H,14,15). The second-order valence-corrected chi connectivity index (χ2v) is 4.90. The van der Waals surface area contributed by atoms with Crippen LogP contribution in [-0.2, 0) is 0 Å². The van der Waals surface area contributed by atoms with Crippen LogP contribution in [0.2, 0.25) is 5.02 Å². The van der Waals surface area contributed by atoms with Gasteiger partial charge in [-0.25, -0.2) is 0 Å². The molecule has 1 unspecified atom stereocenters. The summed E-state index contributed by atoms with van der Waals surface area (Å²) in [6.07, 6.45) is 4.73. The molecular formula is C12H13ClN2O. The monoisotopic (exact) mass is 236 g/mol. The van der Waals surface area contributed by atoms with Crippen LogP contribution < -0.4 is 0 Å². The molecule has 2 N–H and O–H groups in total. The maximum atomic E-state index is 10.3. The minimum atomic E-state index is -0.421. The van der Waals surface area contributed by atoms with E-state index in [1.807, 2.05) is 12.1 Å². The average Bonchev–Trinajstić information content (AvgIpc) is 2.60. The van der Waals surface area contributed by atoms with Crippen molar-refractivity contribution in [2.75, 3.05) is 0 Å². The zero-order valence-electron chi connectivity index (χ0n) is 8.78. The highest BCUT2D eigenvalue weighted by Crippen LogP contribution is 2.40. The van der Waals surface area contributed by atoms with Gasteiger partial charge in [-0.05, 0) is 30.9 Å². The lowest BCUT2D eigenvalue weighted by Crippen LogP contribution is -2.20. The molecule has 1 atom stereocenters. The van der Waals surface area contributed by atoms with Crippen LogP contribution in [-0.4, -0.2) is 15.3 Å². The molecule has 1 fully saturated rings. The van der Waals surface area contributed by atoms with E-state index in [0.717, 1.165) is 29.3 Å². The quantitative estimate of drug-likeness (QED) is 0.842. The zero-order chi connectivity index (χ0) is 11.1. The van der Waals surface area contributed by atoms with Gasteiger partial charge in [-0.15, -0.1) is 0 Å². The Hall–Kier alpha value is -1.06. The van der Waals surface area contributed by atoms with E-state index in [0.29, 0.717) is 10.9 Å². The second kappa shape index (κ2) is 3.75. The fraction of sp³-hybridized carbons (Fsp3) is 0.417. The molecular weight excluding hydrogens is 224 g/mol. The molecule has 1 aromatic carbocycles. The third kappa shape index (κ3) is 1.51. The van der Waals surface area contributed by atoms with E-state index in [1.54, 1.807) is 6.20 Å². The van der Waals surface area contributed by atoms with Gasteiger partial charge in [0.25, 0.3) is 0 Å². The second-order valence-electron chi connectivity index (χ2n) is 4.47. The number of H-pyrrole nitrogens is 1. The number of aromatic amines is 1. The van der Waals surface area contributed by atoms with Crippen LogP contribution >= 0.6 is 11.6 Å². The lowest BCUT2D eigenvalue weighted by molar-refractivity contribution is 0.0631. The van der Waals surface area contributed by atoms with Gasteiger partial charge in [-0.2, -0.15) is 5.10 Å². The Kier molecular flexibility index (Phi) is 2.37. The van der Waals surface area contributed by atoms with Crippen molar-refractivity contribution < 1.29 is 5.11 Å². The van der Waals surface area contributed by atoms with Crippen LogP contribution in [0.1, 0.15) is 30.9 Å². The van der Waals surface area contributed by atoms with Crippen LogP contribution in [0.4, 0.5) is 0 Å². The minimum absolute atomic E-state index is 0.380. The van der Waals surface area contributed by atoms with Crippen molar-refractivity contribution in [3.05, 3.63) is 28.9 Å². The van der Waals surface area contributed by atoms with Crippen molar-refractivity contribution in [1.29, 1.82) is 0 Å². The predicted molar refractivity (Wildman–Crippen MR) is 63.4 cm³/mol. The highest BCUT2D eigenvalue weighted by Gasteiger charge is 2.28. The zero-order valence-corrected chi connectivity index (χ0v) is 9.54. The van der Waals surface area contributed by atoms with E-state index in [4.69, 9.17) is 11.6 Å². The maximum absolute atomic E-state index is 10.3. The molecule has 16 heavy (non-hydrogen) atoms. The number of aliphatic hydroxyl groups excluding tert-OH is 1. The first kappa shape index (κ1) is 10.1. The number of rotatable bonds is 2. The molecule has 1 saturated carbocycles. The summed E-state index contributed by atoms with van der Waals surface area (Å²) in [5.41, 5.74) is 1.79. The predicted octanol–water partition coefficient (Wildman–Crippen LogP) is 3.05. The van der Waals surface area contributed by atoms with E-state index < -0.39 is 6.10 Å². The Morgan fingerprint density at radius 3 is 2.94 bits per heavy atom. The lowest BCUT2D eigenvalue weighted by Gasteiger charge is -2.30. The Morgan fingerprint density at radius 2 is 2.25 bits per heavy atom. The number of fused-ring (bicyclic) bond motifs is 1. The minimum Gasteiger partial charge on any atom is -0.388 e. The molecule has 3 nitrogen and oxygen atoms in total. The number of hydrogen-bond acceptors (Lipinski definition) is 2. The number of aliphatic hydroxyl groups is 1. The van der Waals surface area contributed by atoms with Gasteiger partial charge in [-0.3, -0.25) is 5.10 Å². The highest BCUT2D eigenvalue weighted by molar-refractivity contribution is 6.31. The molecule has 0 spiro atoms. The molecule has 3 rings (SSSR count). The molecule has 1 heterocycles. The molecule has 0 aliphatic heterocycles. The number of halogens is 1. The van der Waals surface area contributed by atoms with Crippen molar-refractivity contribution in [2.45, 2.75) is 25.4 Å². The summed E-state index contributed by atoms with van der Waals surface area (Å²) >= 11 is 6.04. The van der Waals surface area contributed by atoms with Crippen LogP contribution in [0.5, 0.6) is 0 Å². The first-order valence-electron chi connectivity index (χ1n) is 5.56. The van der Waals surface area contributed by atoms with E-state index in [1.165, 1.54) is 6.42 Å². The van der Waals surface area contributed by atoms with Gasteiger partial charge in [0.15, 0.2) is 0 Å². The number of benzene rings is 1. The summed E-state index contributed by atoms with van der Waals surface area (Å²) in [5, 5.41) is 18.8. The molecule has 0 radical (unpaired) electrons. The first-order valence-corrected chi connectivity index (χ1v) is 5.94. The highest BCUT2D eigenvalue weighted by atomic mass is 35.5. The van der Waals surface area contributed by atoms with Crippen molar-refractivity contribution in [3.8, 4) is 0 Å². The van der Waals surface area contributed by atoms with Gasteiger partial charge < -0.3 is 5.11 Å². The van der Waals surface area contributed by atoms with Gasteiger partial charge in [0.1, 0.15) is 0 Å². The molecule has 84 valence electrons. The first-order chi connectivity index (χ1) is 7.75. The van der Waals surface area contributed by atoms with Gasteiger partial charge in [0.05, 0.1) is 17.8 Å². The molecule has 1 aliphatic carbocycles. The molecule has 0 saturated heterocycles. The third-order valence-electron chi connectivity index (χ3n) is 3.46. The van der Waals surface area contributed by atoms with Crippen LogP contribution in [0.25, 0.3) is 10.9 Å². The number of hydrogen-bond donors (Lipinski definition) is 2. The maximum Gasteiger partial charge on any atom is 0.0839 e. The lowest BCUT2D eigenvalue weighted by atomic mass is 9.78. The average molecular weight is 237 g/mol.